The molecule has 0 saturated carbocycles. The van der Waals surface area contributed by atoms with Crippen molar-refractivity contribution in [3.8, 4) is 5.75 Å². The summed E-state index contributed by atoms with van der Waals surface area (Å²) in [6.07, 6.45) is 1.70. The van der Waals surface area contributed by atoms with Gasteiger partial charge in [0, 0.05) is 7.11 Å². The van der Waals surface area contributed by atoms with Crippen molar-refractivity contribution in [2.45, 2.75) is 6.10 Å². The second-order valence-corrected chi connectivity index (χ2v) is 2.67. The fraction of sp³-hybridized carbons (Fsp3) is 0.273. The summed E-state index contributed by atoms with van der Waals surface area (Å²) < 4.78 is 10.3. The van der Waals surface area contributed by atoms with Crippen molar-refractivity contribution in [2.75, 3.05) is 14.2 Å². The molecule has 0 aromatic heterocycles. The van der Waals surface area contributed by atoms with E-state index in [2.05, 4.69) is 6.58 Å². The summed E-state index contributed by atoms with van der Waals surface area (Å²) in [6, 6.07) is 7.76. The van der Waals surface area contributed by atoms with Gasteiger partial charge in [-0.3, -0.25) is 0 Å². The van der Waals surface area contributed by atoms with E-state index >= 15 is 0 Å². The van der Waals surface area contributed by atoms with Gasteiger partial charge in [-0.1, -0.05) is 18.2 Å². The SMILES string of the molecule is C=CC(OC)c1cccc(OC)c1. The van der Waals surface area contributed by atoms with E-state index in [1.165, 1.54) is 0 Å². The monoisotopic (exact) mass is 178 g/mol. The first-order chi connectivity index (χ1) is 6.31. The van der Waals surface area contributed by atoms with E-state index in [4.69, 9.17) is 9.47 Å². The van der Waals surface area contributed by atoms with Crippen LogP contribution in [0.2, 0.25) is 0 Å². The molecule has 2 nitrogen and oxygen atoms in total. The quantitative estimate of drug-likeness (QED) is 0.660. The molecular weight excluding hydrogens is 164 g/mol. The molecule has 0 fully saturated rings. The Morgan fingerprint density at radius 2 is 2.15 bits per heavy atom. The van der Waals surface area contributed by atoms with Crippen LogP contribution in [0.4, 0.5) is 0 Å². The van der Waals surface area contributed by atoms with E-state index in [1.54, 1.807) is 20.3 Å². The fourth-order valence-corrected chi connectivity index (χ4v) is 1.19. The normalized spacial score (nSPS) is 12.2. The molecule has 13 heavy (non-hydrogen) atoms. The van der Waals surface area contributed by atoms with Crippen LogP contribution in [0.3, 0.4) is 0 Å². The molecular formula is C11H14O2. The van der Waals surface area contributed by atoms with Crippen molar-refractivity contribution in [3.63, 3.8) is 0 Å². The standard InChI is InChI=1S/C11H14O2/c1-4-11(13-3)9-6-5-7-10(8-9)12-2/h4-8,11H,1H2,2-3H3. The first kappa shape index (κ1) is 9.81. The third-order valence-electron chi connectivity index (χ3n) is 1.89. The Labute approximate surface area is 78.8 Å². The Kier molecular flexibility index (Phi) is 3.53. The molecule has 1 aromatic carbocycles. The predicted octanol–water partition coefficient (Wildman–Crippen LogP) is 2.57. The second-order valence-electron chi connectivity index (χ2n) is 2.67. The van der Waals surface area contributed by atoms with Gasteiger partial charge < -0.3 is 9.47 Å². The lowest BCUT2D eigenvalue weighted by Crippen LogP contribution is -1.97. The number of benzene rings is 1. The van der Waals surface area contributed by atoms with Crippen LogP contribution < -0.4 is 4.74 Å². The highest BCUT2D eigenvalue weighted by molar-refractivity contribution is 5.31. The first-order valence-corrected chi connectivity index (χ1v) is 4.11. The van der Waals surface area contributed by atoms with Gasteiger partial charge in [0.25, 0.3) is 0 Å². The minimum absolute atomic E-state index is 0.0601. The van der Waals surface area contributed by atoms with Gasteiger partial charge in [0.05, 0.1) is 7.11 Å². The molecule has 2 heteroatoms. The molecule has 0 amide bonds. The molecule has 70 valence electrons. The number of rotatable bonds is 4. The number of hydrogen-bond donors (Lipinski definition) is 0. The molecule has 0 aliphatic carbocycles. The molecule has 0 saturated heterocycles. The van der Waals surface area contributed by atoms with Gasteiger partial charge in [0.2, 0.25) is 0 Å². The summed E-state index contributed by atoms with van der Waals surface area (Å²) in [7, 11) is 3.31. The smallest absolute Gasteiger partial charge is 0.119 e. The Hall–Kier alpha value is -1.28. The molecule has 0 heterocycles. The summed E-state index contributed by atoms with van der Waals surface area (Å²) in [4.78, 5) is 0. The summed E-state index contributed by atoms with van der Waals surface area (Å²) in [5.41, 5.74) is 1.05. The third kappa shape index (κ3) is 2.33. The number of methoxy groups -OCH3 is 2. The van der Waals surface area contributed by atoms with Crippen molar-refractivity contribution < 1.29 is 9.47 Å². The minimum atomic E-state index is -0.0601. The van der Waals surface area contributed by atoms with E-state index in [9.17, 15) is 0 Å². The molecule has 0 aliphatic rings. The fourth-order valence-electron chi connectivity index (χ4n) is 1.19. The van der Waals surface area contributed by atoms with Gasteiger partial charge in [-0.2, -0.15) is 0 Å². The van der Waals surface area contributed by atoms with Gasteiger partial charge in [-0.15, -0.1) is 6.58 Å². The molecule has 1 aromatic rings. The van der Waals surface area contributed by atoms with E-state index in [1.807, 2.05) is 24.3 Å². The van der Waals surface area contributed by atoms with Crippen molar-refractivity contribution in [1.29, 1.82) is 0 Å². The van der Waals surface area contributed by atoms with Crippen molar-refractivity contribution in [1.82, 2.24) is 0 Å². The Balaban J connectivity index is 2.92. The zero-order chi connectivity index (χ0) is 9.68. The maximum atomic E-state index is 5.21. The van der Waals surface area contributed by atoms with E-state index in [0.29, 0.717) is 0 Å². The third-order valence-corrected chi connectivity index (χ3v) is 1.89. The summed E-state index contributed by atoms with van der Waals surface area (Å²) in [5, 5.41) is 0. The van der Waals surface area contributed by atoms with E-state index in [0.717, 1.165) is 11.3 Å². The number of ether oxygens (including phenoxy) is 2. The van der Waals surface area contributed by atoms with Crippen LogP contribution in [-0.2, 0) is 4.74 Å². The van der Waals surface area contributed by atoms with Crippen molar-refractivity contribution in [3.05, 3.63) is 42.5 Å². The van der Waals surface area contributed by atoms with Gasteiger partial charge in [0.1, 0.15) is 11.9 Å². The molecule has 0 aliphatic heterocycles. The topological polar surface area (TPSA) is 18.5 Å². The molecule has 0 N–H and O–H groups in total. The molecule has 0 spiro atoms. The summed E-state index contributed by atoms with van der Waals surface area (Å²) >= 11 is 0. The highest BCUT2D eigenvalue weighted by Gasteiger charge is 2.05. The number of hydrogen-bond acceptors (Lipinski definition) is 2. The van der Waals surface area contributed by atoms with Crippen LogP contribution in [0.25, 0.3) is 0 Å². The van der Waals surface area contributed by atoms with Gasteiger partial charge in [0.15, 0.2) is 0 Å². The van der Waals surface area contributed by atoms with Crippen LogP contribution >= 0.6 is 0 Å². The zero-order valence-corrected chi connectivity index (χ0v) is 7.99. The Morgan fingerprint density at radius 3 is 2.69 bits per heavy atom. The largest absolute Gasteiger partial charge is 0.497 e. The zero-order valence-electron chi connectivity index (χ0n) is 7.99. The van der Waals surface area contributed by atoms with Crippen LogP contribution in [0.5, 0.6) is 5.75 Å². The molecule has 1 atom stereocenters. The highest BCUT2D eigenvalue weighted by atomic mass is 16.5. The predicted molar refractivity (Wildman–Crippen MR) is 52.9 cm³/mol. The maximum absolute atomic E-state index is 5.21. The van der Waals surface area contributed by atoms with E-state index in [-0.39, 0.29) is 6.10 Å². The first-order valence-electron chi connectivity index (χ1n) is 4.11. The molecule has 1 rings (SSSR count). The van der Waals surface area contributed by atoms with Gasteiger partial charge in [-0.25, -0.2) is 0 Å². The lowest BCUT2D eigenvalue weighted by molar-refractivity contribution is 0.143. The maximum Gasteiger partial charge on any atom is 0.119 e. The Morgan fingerprint density at radius 1 is 1.38 bits per heavy atom. The van der Waals surface area contributed by atoms with Crippen LogP contribution in [0, 0.1) is 0 Å². The average molecular weight is 178 g/mol. The molecule has 0 radical (unpaired) electrons. The minimum Gasteiger partial charge on any atom is -0.497 e. The Bertz CT molecular complexity index is 281. The van der Waals surface area contributed by atoms with E-state index < -0.39 is 0 Å². The van der Waals surface area contributed by atoms with Crippen molar-refractivity contribution in [2.24, 2.45) is 0 Å². The summed E-state index contributed by atoms with van der Waals surface area (Å²) in [6.45, 7) is 3.70. The second kappa shape index (κ2) is 4.67. The van der Waals surface area contributed by atoms with Crippen LogP contribution in [0.1, 0.15) is 11.7 Å². The van der Waals surface area contributed by atoms with Gasteiger partial charge in [-0.05, 0) is 17.7 Å². The summed E-state index contributed by atoms with van der Waals surface area (Å²) in [5.74, 6) is 0.835. The lowest BCUT2D eigenvalue weighted by atomic mass is 10.1. The average Bonchev–Trinajstić information content (AvgIpc) is 2.20. The molecule has 1 unspecified atom stereocenters. The molecule has 0 bridgehead atoms. The van der Waals surface area contributed by atoms with Crippen molar-refractivity contribution >= 4 is 0 Å². The van der Waals surface area contributed by atoms with Gasteiger partial charge >= 0.3 is 0 Å². The lowest BCUT2D eigenvalue weighted by Gasteiger charge is -2.11. The van der Waals surface area contributed by atoms with Crippen LogP contribution in [-0.4, -0.2) is 14.2 Å². The van der Waals surface area contributed by atoms with Crippen LogP contribution in [0.15, 0.2) is 36.9 Å². The highest BCUT2D eigenvalue weighted by Crippen LogP contribution is 2.21.